The Labute approximate surface area is 115 Å². The van der Waals surface area contributed by atoms with Gasteiger partial charge in [0.15, 0.2) is 0 Å². The summed E-state index contributed by atoms with van der Waals surface area (Å²) in [6, 6.07) is 14.2. The van der Waals surface area contributed by atoms with Crippen molar-refractivity contribution in [1.82, 2.24) is 0 Å². The van der Waals surface area contributed by atoms with E-state index < -0.39 is 0 Å². The summed E-state index contributed by atoms with van der Waals surface area (Å²) >= 11 is 6.45. The first kappa shape index (κ1) is 12.2. The molecule has 0 saturated carbocycles. The van der Waals surface area contributed by atoms with E-state index >= 15 is 0 Å². The summed E-state index contributed by atoms with van der Waals surface area (Å²) in [5.41, 5.74) is 2.82. The van der Waals surface area contributed by atoms with E-state index in [-0.39, 0.29) is 11.2 Å². The highest BCUT2D eigenvalue weighted by Gasteiger charge is 2.15. The molecule has 0 aliphatic rings. The van der Waals surface area contributed by atoms with Crippen molar-refractivity contribution in [3.8, 4) is 0 Å². The van der Waals surface area contributed by atoms with Crippen molar-refractivity contribution in [2.24, 2.45) is 0 Å². The van der Waals surface area contributed by atoms with Crippen molar-refractivity contribution in [1.29, 1.82) is 0 Å². The average molecular weight is 275 g/mol. The lowest BCUT2D eigenvalue weighted by Gasteiger charge is -2.08. The number of halogens is 2. The van der Waals surface area contributed by atoms with E-state index in [1.54, 1.807) is 18.4 Å². The summed E-state index contributed by atoms with van der Waals surface area (Å²) in [5, 5.41) is 0.846. The molecule has 0 spiro atoms. The molecule has 0 amide bonds. The maximum atomic E-state index is 12.9. The third-order valence-electron chi connectivity index (χ3n) is 3.18. The summed E-state index contributed by atoms with van der Waals surface area (Å²) in [6.07, 6.45) is 2.34. The summed E-state index contributed by atoms with van der Waals surface area (Å²) < 4.78 is 18.3. The lowest BCUT2D eigenvalue weighted by atomic mass is 10.0. The van der Waals surface area contributed by atoms with Gasteiger partial charge >= 0.3 is 0 Å². The maximum absolute atomic E-state index is 12.9. The van der Waals surface area contributed by atoms with E-state index in [0.29, 0.717) is 6.42 Å². The fraction of sp³-hybridized carbons (Fsp3) is 0.125. The Balaban J connectivity index is 1.87. The summed E-state index contributed by atoms with van der Waals surface area (Å²) in [6.45, 7) is 0. The zero-order chi connectivity index (χ0) is 13.2. The molecule has 0 fully saturated rings. The van der Waals surface area contributed by atoms with Crippen LogP contribution in [-0.2, 0) is 6.42 Å². The molecule has 1 atom stereocenters. The Morgan fingerprint density at radius 3 is 2.58 bits per heavy atom. The Kier molecular flexibility index (Phi) is 3.26. The normalized spacial score (nSPS) is 12.7. The smallest absolute Gasteiger partial charge is 0.134 e. The van der Waals surface area contributed by atoms with Crippen molar-refractivity contribution in [3.05, 3.63) is 71.7 Å². The minimum atomic E-state index is -0.233. The molecular formula is C16H12ClFO. The molecule has 0 N–H and O–H groups in total. The lowest BCUT2D eigenvalue weighted by molar-refractivity contribution is 0.609. The summed E-state index contributed by atoms with van der Waals surface area (Å²) in [4.78, 5) is 0. The Morgan fingerprint density at radius 1 is 1.05 bits per heavy atom. The SMILES string of the molecule is Fc1ccc(CC(Cl)c2coc3ccccc23)cc1. The zero-order valence-electron chi connectivity index (χ0n) is 10.1. The fourth-order valence-corrected chi connectivity index (χ4v) is 2.53. The minimum Gasteiger partial charge on any atom is -0.464 e. The molecule has 1 nitrogen and oxygen atoms in total. The van der Waals surface area contributed by atoms with Crippen LogP contribution in [0.1, 0.15) is 16.5 Å². The van der Waals surface area contributed by atoms with Gasteiger partial charge in [-0.3, -0.25) is 0 Å². The third-order valence-corrected chi connectivity index (χ3v) is 3.57. The number of rotatable bonds is 3. The van der Waals surface area contributed by atoms with Crippen LogP contribution >= 0.6 is 11.6 Å². The topological polar surface area (TPSA) is 13.1 Å². The number of alkyl halides is 1. The van der Waals surface area contributed by atoms with Crippen molar-refractivity contribution >= 4 is 22.6 Å². The molecule has 1 unspecified atom stereocenters. The van der Waals surface area contributed by atoms with E-state index in [1.165, 1.54) is 12.1 Å². The molecule has 0 aliphatic heterocycles. The molecule has 96 valence electrons. The van der Waals surface area contributed by atoms with Gasteiger partial charge in [-0.1, -0.05) is 30.3 Å². The molecule has 0 saturated heterocycles. The second-order valence-corrected chi connectivity index (χ2v) is 5.01. The van der Waals surface area contributed by atoms with Gasteiger partial charge < -0.3 is 4.42 Å². The predicted octanol–water partition coefficient (Wildman–Crippen LogP) is 5.09. The predicted molar refractivity (Wildman–Crippen MR) is 74.9 cm³/mol. The van der Waals surface area contributed by atoms with Crippen molar-refractivity contribution in [2.75, 3.05) is 0 Å². The van der Waals surface area contributed by atoms with Gasteiger partial charge in [0.05, 0.1) is 11.6 Å². The van der Waals surface area contributed by atoms with Crippen LogP contribution in [-0.4, -0.2) is 0 Å². The second kappa shape index (κ2) is 5.06. The Hall–Kier alpha value is -1.80. The Morgan fingerprint density at radius 2 is 1.79 bits per heavy atom. The fourth-order valence-electron chi connectivity index (χ4n) is 2.18. The molecule has 0 radical (unpaired) electrons. The van der Waals surface area contributed by atoms with Crippen molar-refractivity contribution < 1.29 is 8.81 Å². The largest absolute Gasteiger partial charge is 0.464 e. The van der Waals surface area contributed by atoms with Crippen LogP contribution in [0.4, 0.5) is 4.39 Å². The van der Waals surface area contributed by atoms with Crippen molar-refractivity contribution in [2.45, 2.75) is 11.8 Å². The van der Waals surface area contributed by atoms with Crippen LogP contribution < -0.4 is 0 Å². The van der Waals surface area contributed by atoms with Gasteiger partial charge in [0.1, 0.15) is 11.4 Å². The molecule has 3 heteroatoms. The quantitative estimate of drug-likeness (QED) is 0.606. The first-order chi connectivity index (χ1) is 9.24. The molecule has 1 aromatic heterocycles. The van der Waals surface area contributed by atoms with Crippen LogP contribution in [0.2, 0.25) is 0 Å². The number of hydrogen-bond acceptors (Lipinski definition) is 1. The Bertz CT molecular complexity index is 687. The van der Waals surface area contributed by atoms with Crippen LogP contribution in [0.25, 0.3) is 11.0 Å². The second-order valence-electron chi connectivity index (χ2n) is 4.49. The summed E-state index contributed by atoms with van der Waals surface area (Å²) in [7, 11) is 0. The van der Waals surface area contributed by atoms with Crippen LogP contribution in [0.15, 0.2) is 59.2 Å². The van der Waals surface area contributed by atoms with Gasteiger partial charge in [-0.15, -0.1) is 11.6 Å². The van der Waals surface area contributed by atoms with E-state index in [9.17, 15) is 4.39 Å². The third kappa shape index (κ3) is 2.49. The molecule has 0 bridgehead atoms. The number of fused-ring (bicyclic) bond motifs is 1. The standard InChI is InChI=1S/C16H12ClFO/c17-15(9-11-5-7-12(18)8-6-11)14-10-19-16-4-2-1-3-13(14)16/h1-8,10,15H,9H2. The number of para-hydroxylation sites is 1. The molecule has 1 heterocycles. The molecule has 19 heavy (non-hydrogen) atoms. The molecule has 3 rings (SSSR count). The number of hydrogen-bond donors (Lipinski definition) is 0. The van der Waals surface area contributed by atoms with Crippen molar-refractivity contribution in [3.63, 3.8) is 0 Å². The molecule has 3 aromatic rings. The minimum absolute atomic E-state index is 0.186. The van der Waals surface area contributed by atoms with Gasteiger partial charge in [-0.2, -0.15) is 0 Å². The first-order valence-corrected chi connectivity index (χ1v) is 6.52. The monoisotopic (exact) mass is 274 g/mol. The van der Waals surface area contributed by atoms with Crippen LogP contribution in [0.3, 0.4) is 0 Å². The maximum Gasteiger partial charge on any atom is 0.134 e. The van der Waals surface area contributed by atoms with Crippen LogP contribution in [0, 0.1) is 5.82 Å². The van der Waals surface area contributed by atoms with Crippen LogP contribution in [0.5, 0.6) is 0 Å². The molecule has 0 aliphatic carbocycles. The van der Waals surface area contributed by atoms with Gasteiger partial charge in [-0.05, 0) is 30.2 Å². The van der Waals surface area contributed by atoms with E-state index in [4.69, 9.17) is 16.0 Å². The lowest BCUT2D eigenvalue weighted by Crippen LogP contribution is -1.95. The van der Waals surface area contributed by atoms with Gasteiger partial charge in [-0.25, -0.2) is 4.39 Å². The zero-order valence-corrected chi connectivity index (χ0v) is 10.9. The summed E-state index contributed by atoms with van der Waals surface area (Å²) in [5.74, 6) is -0.233. The van der Waals surface area contributed by atoms with Gasteiger partial charge in [0.25, 0.3) is 0 Å². The highest BCUT2D eigenvalue weighted by atomic mass is 35.5. The first-order valence-electron chi connectivity index (χ1n) is 6.08. The van der Waals surface area contributed by atoms with Gasteiger partial charge in [0.2, 0.25) is 0 Å². The molecule has 2 aromatic carbocycles. The highest BCUT2D eigenvalue weighted by Crippen LogP contribution is 2.32. The van der Waals surface area contributed by atoms with E-state index in [2.05, 4.69) is 0 Å². The van der Waals surface area contributed by atoms with E-state index in [0.717, 1.165) is 22.1 Å². The average Bonchev–Trinajstić information content (AvgIpc) is 2.85. The highest BCUT2D eigenvalue weighted by molar-refractivity contribution is 6.21. The van der Waals surface area contributed by atoms with Gasteiger partial charge in [0, 0.05) is 10.9 Å². The number of furan rings is 1. The molecular weight excluding hydrogens is 263 g/mol. The number of benzene rings is 2. The van der Waals surface area contributed by atoms with E-state index in [1.807, 2.05) is 24.3 Å².